The number of amides is 15. The average molecular weight is 1660 g/mol. The summed E-state index contributed by atoms with van der Waals surface area (Å²) >= 11 is 0. The number of aliphatic hydroxyl groups excluding tert-OH is 1. The van der Waals surface area contributed by atoms with Gasteiger partial charge >= 0.3 is 110 Å². The van der Waals surface area contributed by atoms with Crippen molar-refractivity contribution in [1.82, 2.24) is 81.5 Å². The van der Waals surface area contributed by atoms with Gasteiger partial charge in [-0.1, -0.05) is 32.8 Å². The van der Waals surface area contributed by atoms with Crippen molar-refractivity contribution in [2.45, 2.75) is 108 Å². The molecular formula is C36H62N20O38SU. The Morgan fingerprint density at radius 2 is 0.542 bits per heavy atom. The Bertz CT molecular complexity index is 2500. The summed E-state index contributed by atoms with van der Waals surface area (Å²) in [6.07, 6.45) is -17.1. The number of aliphatic hydroxyl groups is 1. The van der Waals surface area contributed by atoms with Gasteiger partial charge in [0.1, 0.15) is 0 Å². The Labute approximate surface area is 566 Å². The van der Waals surface area contributed by atoms with Gasteiger partial charge in [0.25, 0.3) is 12.2 Å². The Hall–Kier alpha value is -13.0. The van der Waals surface area contributed by atoms with Gasteiger partial charge in [-0.25, -0.2) is 205 Å². The molecule has 0 fully saturated rings. The predicted molar refractivity (Wildman–Crippen MR) is 284 cm³/mol. The molecule has 0 saturated heterocycles. The van der Waals surface area contributed by atoms with Gasteiger partial charge in [0.15, 0.2) is 0 Å². The second-order valence-corrected chi connectivity index (χ2v) is 12.7. The van der Waals surface area contributed by atoms with E-state index in [1.165, 1.54) is 48.9 Å². The molecule has 544 valence electrons. The number of hydrazone groups is 1. The topological polar surface area (TPSA) is 794 Å². The van der Waals surface area contributed by atoms with Crippen molar-refractivity contribution in [2.75, 3.05) is 0 Å². The molecule has 96 heavy (non-hydrogen) atoms. The molecule has 0 bridgehead atoms. The molecule has 0 aliphatic carbocycles. The fourth-order valence-electron chi connectivity index (χ4n) is 2.27. The third kappa shape index (κ3) is 94.6. The molecule has 18 N–H and O–H groups in total. The summed E-state index contributed by atoms with van der Waals surface area (Å²) in [7, 11) is 0. The van der Waals surface area contributed by atoms with Crippen LogP contribution < -0.4 is 81.5 Å². The van der Waals surface area contributed by atoms with Crippen molar-refractivity contribution in [1.29, 1.82) is 15.8 Å². The van der Waals surface area contributed by atoms with Crippen molar-refractivity contribution in [2.24, 2.45) is 10.3 Å². The van der Waals surface area contributed by atoms with Crippen molar-refractivity contribution in [3.8, 4) is 18.8 Å². The van der Waals surface area contributed by atoms with E-state index in [-0.39, 0.29) is 52.1 Å². The molecule has 0 spiro atoms. The number of hydrogen-bond acceptors (Lipinski definition) is 43. The number of carbonyl (C=O) groups is 15. The molecule has 0 heterocycles. The van der Waals surface area contributed by atoms with Crippen molar-refractivity contribution >= 4 is 117 Å². The maximum absolute atomic E-state index is 11.1. The third-order valence-corrected chi connectivity index (χ3v) is 4.46. The quantitative estimate of drug-likeness (QED) is 0.0388. The molecule has 0 aromatic heterocycles. The van der Waals surface area contributed by atoms with Crippen LogP contribution in [-0.4, -0.2) is 144 Å². The maximum Gasteiger partial charge on any atom is 0.483 e. The van der Waals surface area contributed by atoms with E-state index in [0.717, 1.165) is 30.9 Å². The van der Waals surface area contributed by atoms with E-state index in [9.17, 15) is 76.7 Å². The minimum Gasteiger partial charge on any atom is -0.446 e. The number of carbonyl (C=O) groups excluding carboxylic acids is 17. The Morgan fingerprint density at radius 3 is 0.698 bits per heavy atom. The first kappa shape index (κ1) is 105. The molecule has 0 aromatic carbocycles. The minimum atomic E-state index is -1.52. The number of isocyanates is 2. The van der Waals surface area contributed by atoms with E-state index in [2.05, 4.69) is 97.6 Å². The predicted octanol–water partition coefficient (Wildman–Crippen LogP) is -0.316. The summed E-state index contributed by atoms with van der Waals surface area (Å²) < 4.78 is 13.8. The fraction of sp³-hybridized carbons (Fsp3) is 0.444. The van der Waals surface area contributed by atoms with Gasteiger partial charge in [-0.2, -0.15) is 18.9 Å². The van der Waals surface area contributed by atoms with Crippen LogP contribution in [0, 0.1) is 65.7 Å². The van der Waals surface area contributed by atoms with Crippen LogP contribution in [0.4, 0.5) is 71.9 Å². The summed E-state index contributed by atoms with van der Waals surface area (Å²) in [5.74, 6) is 0. The molecule has 0 rings (SSSR count). The number of nitrogens with one attached hydrogen (secondary N) is 15. The monoisotopic (exact) mass is 1650 g/mol. The molecule has 15 amide bonds. The molecule has 0 saturated carbocycles. The molecule has 0 radical (unpaired) electrons. The second-order valence-electron chi connectivity index (χ2n) is 12.7. The minimum absolute atomic E-state index is 0. The van der Waals surface area contributed by atoms with Gasteiger partial charge in [0.2, 0.25) is 0 Å². The van der Waals surface area contributed by atoms with E-state index in [1.54, 1.807) is 87.9 Å². The molecule has 0 aromatic rings. The number of nitriles is 3. The first-order valence-corrected chi connectivity index (χ1v) is 23.1. The zero-order valence-electron chi connectivity index (χ0n) is 50.7. The largest absolute Gasteiger partial charge is 0.483 e. The van der Waals surface area contributed by atoms with Gasteiger partial charge in [-0.3, -0.25) is 25.0 Å². The normalized spacial score (nSPS) is 7.92. The van der Waals surface area contributed by atoms with Crippen LogP contribution in [0.3, 0.4) is 0 Å². The van der Waals surface area contributed by atoms with E-state index >= 15 is 0 Å². The molecule has 0 atom stereocenters. The molecule has 0 aliphatic rings. The molecule has 58 nitrogen and oxygen atoms in total. The summed E-state index contributed by atoms with van der Waals surface area (Å²) in [4.78, 5) is 239. The van der Waals surface area contributed by atoms with Crippen LogP contribution in [0.25, 0.3) is 0 Å². The average Bonchev–Trinajstić information content (AvgIpc) is 3.73. The summed E-state index contributed by atoms with van der Waals surface area (Å²) in [5.41, 5.74) is 23.4. The maximum atomic E-state index is 11.1. The smallest absolute Gasteiger partial charge is 0.446 e. The standard InChI is InChI=1S/C12H20N6O12.C9H12N6O11.C6H4N6O10.C3H8O.C2N2O2.2C2H6.H2O2.H2S.U.H2/c1-5(2)25-7(19)13-15-9(21)27-29-11(23)17-18-12(24)30-28-10(22)16-14-8(20)26-6(3)4;1-4(2)22-5(16)11-12-6(17)23-24-7(18)13-14-8(19)25-26-9(20)15-21-3-10;7-1-18-12-6(17)22-21-5(16)11-10-4(15)20-19-3(14)9-8-2-13;1-3(2)4;3-1-6-4-2-5;3*1-2;;;/h5-6H,1-4H3,(H,13,19)(H,14,20)(H,15,21)(H,16,22)(H,17,23)(H,18,24);4H,1-2H3,(H,11,16)(H,12,17)(H,13,18)(H,14,19)(H,15,20);(H,9,14)(H,10,15)(H,11,16)(H,12,17);3-4H,1-2H3;;2*1-2H3;1-2H;1H2;;1H/i;;;;;;;;;;1+2. The van der Waals surface area contributed by atoms with E-state index in [0.29, 0.717) is 0 Å². The molecule has 60 heteroatoms. The van der Waals surface area contributed by atoms with Gasteiger partial charge in [-0.05, 0) is 55.4 Å². The van der Waals surface area contributed by atoms with E-state index in [4.69, 9.17) is 36.2 Å². The third-order valence-electron chi connectivity index (χ3n) is 4.46. The van der Waals surface area contributed by atoms with Crippen LogP contribution in [0.1, 0.15) is 84.5 Å². The van der Waals surface area contributed by atoms with E-state index < -0.39 is 110 Å². The van der Waals surface area contributed by atoms with Crippen molar-refractivity contribution in [3.63, 3.8) is 0 Å². The summed E-state index contributed by atoms with van der Waals surface area (Å²) in [5, 5.41) is 48.3. The van der Waals surface area contributed by atoms with Crippen LogP contribution >= 0.6 is 13.5 Å². The van der Waals surface area contributed by atoms with Gasteiger partial charge in [0.05, 0.1) is 18.3 Å². The van der Waals surface area contributed by atoms with Crippen LogP contribution in [-0.2, 0) is 97.0 Å². The number of hydrogen-bond donors (Lipinski definition) is 18. The number of nitrogens with zero attached hydrogens (tertiary/aromatic N) is 5. The van der Waals surface area contributed by atoms with Gasteiger partial charge < -0.3 is 19.3 Å². The SMILES string of the molecule is CC.CC.CC(C)O.CC(C)OC(=O)NNC(=O)OOC(=O)NNC(=O)OOC(=O)NNC(=O)OC(C)C.CC(C)OC(=O)NNC(=O)OOC(=O)NNC(=O)OOC(=O)NOC#N.N#CON=C=O.N#CONC(=O)OOC(=O)NNC(=O)OOC(=O)NN=C=O.OO.S.[3HH].[U]. The number of hydrazine groups is 6. The van der Waals surface area contributed by atoms with Crippen LogP contribution in [0.2, 0.25) is 0 Å². The van der Waals surface area contributed by atoms with Crippen molar-refractivity contribution < 1.29 is 217 Å². The first-order valence-electron chi connectivity index (χ1n) is 23.1. The summed E-state index contributed by atoms with van der Waals surface area (Å²) in [6.45, 7) is 20.8. The van der Waals surface area contributed by atoms with E-state index in [1.807, 2.05) is 27.7 Å². The molecule has 0 unspecified atom stereocenters. The Morgan fingerprint density at radius 1 is 0.354 bits per heavy atom. The number of hydroxylamine groups is 2. The Kier molecular flexibility index (Phi) is 83.1. The molecule has 0 aliphatic heterocycles. The van der Waals surface area contributed by atoms with Crippen molar-refractivity contribution in [3.05, 3.63) is 0 Å². The zero-order chi connectivity index (χ0) is 74.3. The van der Waals surface area contributed by atoms with Crippen LogP contribution in [0.15, 0.2) is 10.3 Å². The van der Waals surface area contributed by atoms with Gasteiger partial charge in [-0.15, -0.1) is 26.7 Å². The summed E-state index contributed by atoms with van der Waals surface area (Å²) in [6, 6.07) is 0. The van der Waals surface area contributed by atoms with Gasteiger partial charge in [0, 0.05) is 43.8 Å². The Balaban J connectivity index is -0.000000113. The number of rotatable bonds is 7. The zero-order valence-corrected chi connectivity index (χ0v) is 55.8. The number of ether oxygens (including phenoxy) is 3. The fourth-order valence-corrected chi connectivity index (χ4v) is 2.27. The first-order chi connectivity index (χ1) is 44.4. The molecular weight excluding hydrogens is 1590 g/mol. The van der Waals surface area contributed by atoms with Crippen LogP contribution in [0.5, 0.6) is 0 Å². The second kappa shape index (κ2) is 76.2.